The molecule has 114 valence electrons. The van der Waals surface area contributed by atoms with Gasteiger partial charge in [-0.1, -0.05) is 47.3 Å². The molecule has 0 atom stereocenters. The van der Waals surface area contributed by atoms with Crippen molar-refractivity contribution in [2.24, 2.45) is 0 Å². The van der Waals surface area contributed by atoms with Gasteiger partial charge in [0.1, 0.15) is 17.3 Å². The Hall–Kier alpha value is -1.97. The second kappa shape index (κ2) is 10.9. The van der Waals surface area contributed by atoms with Crippen LogP contribution in [0.4, 0.5) is 10.1 Å². The van der Waals surface area contributed by atoms with Crippen molar-refractivity contribution in [3.8, 4) is 5.75 Å². The van der Waals surface area contributed by atoms with Gasteiger partial charge in [-0.15, -0.1) is 0 Å². The molecule has 0 unspecified atom stereocenters. The van der Waals surface area contributed by atoms with Crippen LogP contribution in [0.15, 0.2) is 30.5 Å². The molecule has 0 radical (unpaired) electrons. The maximum Gasteiger partial charge on any atom is 0.139 e. The van der Waals surface area contributed by atoms with Crippen LogP contribution >= 0.6 is 0 Å². The second-order valence-corrected chi connectivity index (χ2v) is 3.33. The molecule has 0 bridgehead atoms. The molecule has 20 heavy (non-hydrogen) atoms. The van der Waals surface area contributed by atoms with Gasteiger partial charge in [0.15, 0.2) is 0 Å². The van der Waals surface area contributed by atoms with Crippen LogP contribution in [0.25, 0.3) is 5.57 Å². The fourth-order valence-corrected chi connectivity index (χ4v) is 1.42. The summed E-state index contributed by atoms with van der Waals surface area (Å²) in [5.41, 5.74) is 5.65. The Kier molecular flexibility index (Phi) is 11.1. The van der Waals surface area contributed by atoms with Crippen LogP contribution in [-0.2, 0) is 0 Å². The van der Waals surface area contributed by atoms with E-state index in [1.807, 2.05) is 34.6 Å². The van der Waals surface area contributed by atoms with Gasteiger partial charge in [-0.25, -0.2) is 4.39 Å². The minimum atomic E-state index is -0.606. The van der Waals surface area contributed by atoms with Crippen molar-refractivity contribution in [3.63, 3.8) is 0 Å². The van der Waals surface area contributed by atoms with E-state index in [1.165, 1.54) is 0 Å². The number of halogens is 1. The molecule has 3 nitrogen and oxygen atoms in total. The van der Waals surface area contributed by atoms with E-state index in [2.05, 4.69) is 6.58 Å². The van der Waals surface area contributed by atoms with E-state index in [-0.39, 0.29) is 28.3 Å². The van der Waals surface area contributed by atoms with Crippen molar-refractivity contribution in [1.29, 1.82) is 0 Å². The minimum Gasteiger partial charge on any atom is -0.508 e. The van der Waals surface area contributed by atoms with Crippen LogP contribution in [0.1, 0.15) is 46.6 Å². The fourth-order valence-electron chi connectivity index (χ4n) is 1.42. The van der Waals surface area contributed by atoms with Crippen LogP contribution in [-0.4, -0.2) is 10.2 Å². The number of nitrogen functional groups attached to an aromatic ring is 1. The molecule has 0 aliphatic carbocycles. The quantitative estimate of drug-likeness (QED) is 0.315. The lowest BCUT2D eigenvalue weighted by atomic mass is 10.0. The summed E-state index contributed by atoms with van der Waals surface area (Å²) in [7, 11) is 0. The van der Waals surface area contributed by atoms with Crippen LogP contribution in [0.5, 0.6) is 5.75 Å². The number of hydrogen-bond acceptors (Lipinski definition) is 3. The average molecular weight is 283 g/mol. The number of phenolic OH excluding ortho intramolecular Hbond substituents is 1. The Balaban J connectivity index is 0. The molecular formula is C16H26FNO2. The number of benzene rings is 1. The Morgan fingerprint density at radius 2 is 1.80 bits per heavy atom. The number of hydrogen-bond donors (Lipinski definition) is 3. The monoisotopic (exact) mass is 283 g/mol. The summed E-state index contributed by atoms with van der Waals surface area (Å²) in [4.78, 5) is 0. The first-order valence-corrected chi connectivity index (χ1v) is 6.84. The van der Waals surface area contributed by atoms with Gasteiger partial charge in [0.05, 0.1) is 5.69 Å². The van der Waals surface area contributed by atoms with E-state index in [0.717, 1.165) is 12.1 Å². The highest BCUT2D eigenvalue weighted by atomic mass is 19.1. The molecule has 0 fully saturated rings. The Labute approximate surface area is 121 Å². The zero-order valence-electron chi connectivity index (χ0n) is 13.0. The standard InChI is InChI=1S/C12H14FNO2.2C2H6/c1-3-4-8(7(2)15)11-9(13)5-6-10(16)12(11)14;2*1-2/h4-6,15-16H,2-3,14H2,1H3;2*1-2H3/b8-4+;;. The highest BCUT2D eigenvalue weighted by Gasteiger charge is 2.16. The molecule has 0 spiro atoms. The molecule has 4 heteroatoms. The third-order valence-electron chi connectivity index (χ3n) is 2.16. The predicted molar refractivity (Wildman–Crippen MR) is 85.2 cm³/mol. The Morgan fingerprint density at radius 1 is 1.30 bits per heavy atom. The summed E-state index contributed by atoms with van der Waals surface area (Å²) in [6.07, 6.45) is 2.18. The van der Waals surface area contributed by atoms with Crippen molar-refractivity contribution in [2.45, 2.75) is 41.0 Å². The first-order chi connectivity index (χ1) is 9.49. The zero-order valence-corrected chi connectivity index (χ0v) is 13.0. The average Bonchev–Trinajstić information content (AvgIpc) is 2.46. The molecule has 1 rings (SSSR count). The minimum absolute atomic E-state index is 0.0191. The molecule has 0 saturated carbocycles. The third kappa shape index (κ3) is 5.34. The fraction of sp³-hybridized carbons (Fsp3) is 0.375. The van der Waals surface area contributed by atoms with Crippen molar-refractivity contribution in [2.75, 3.05) is 5.73 Å². The number of phenols is 1. The van der Waals surface area contributed by atoms with Crippen LogP contribution in [0.2, 0.25) is 0 Å². The first-order valence-electron chi connectivity index (χ1n) is 6.84. The summed E-state index contributed by atoms with van der Waals surface area (Å²) in [5.74, 6) is -1.11. The van der Waals surface area contributed by atoms with E-state index >= 15 is 0 Å². The van der Waals surface area contributed by atoms with E-state index in [9.17, 15) is 14.6 Å². The summed E-state index contributed by atoms with van der Waals surface area (Å²) in [6, 6.07) is 2.26. The third-order valence-corrected chi connectivity index (χ3v) is 2.16. The van der Waals surface area contributed by atoms with Gasteiger partial charge in [0.2, 0.25) is 0 Å². The lowest BCUT2D eigenvalue weighted by Gasteiger charge is -2.11. The van der Waals surface area contributed by atoms with E-state index in [1.54, 1.807) is 6.08 Å². The number of aliphatic hydroxyl groups excluding tert-OH is 1. The molecule has 0 aliphatic rings. The molecular weight excluding hydrogens is 257 g/mol. The molecule has 1 aromatic carbocycles. The highest BCUT2D eigenvalue weighted by molar-refractivity contribution is 5.85. The van der Waals surface area contributed by atoms with Gasteiger partial charge < -0.3 is 15.9 Å². The summed E-state index contributed by atoms with van der Waals surface area (Å²) in [5, 5.41) is 18.8. The SMILES string of the molecule is C=C(O)/C(=C\CC)c1c(F)ccc(O)c1N.CC.CC. The highest BCUT2D eigenvalue weighted by Crippen LogP contribution is 2.34. The zero-order chi connectivity index (χ0) is 16.3. The number of allylic oxidation sites excluding steroid dienone is 2. The molecule has 0 saturated heterocycles. The molecule has 4 N–H and O–H groups in total. The molecule has 0 aliphatic heterocycles. The number of rotatable bonds is 3. The number of nitrogens with two attached hydrogens (primary N) is 1. The van der Waals surface area contributed by atoms with Crippen molar-refractivity contribution >= 4 is 11.3 Å². The smallest absolute Gasteiger partial charge is 0.139 e. The summed E-state index contributed by atoms with van der Waals surface area (Å²) < 4.78 is 13.6. The number of aromatic hydroxyl groups is 1. The molecule has 0 aromatic heterocycles. The van der Waals surface area contributed by atoms with Crippen molar-refractivity contribution in [1.82, 2.24) is 0 Å². The summed E-state index contributed by atoms with van der Waals surface area (Å²) >= 11 is 0. The van der Waals surface area contributed by atoms with Crippen LogP contribution in [0.3, 0.4) is 0 Å². The van der Waals surface area contributed by atoms with Gasteiger partial charge >= 0.3 is 0 Å². The van der Waals surface area contributed by atoms with Crippen LogP contribution < -0.4 is 5.73 Å². The normalized spacial score (nSPS) is 9.80. The number of anilines is 1. The van der Waals surface area contributed by atoms with E-state index in [4.69, 9.17) is 5.73 Å². The topological polar surface area (TPSA) is 66.5 Å². The Morgan fingerprint density at radius 3 is 2.20 bits per heavy atom. The maximum absolute atomic E-state index is 13.6. The predicted octanol–water partition coefficient (Wildman–Crippen LogP) is 5.03. The van der Waals surface area contributed by atoms with E-state index < -0.39 is 5.82 Å². The van der Waals surface area contributed by atoms with Gasteiger partial charge in [-0.3, -0.25) is 0 Å². The molecule has 1 aromatic rings. The maximum atomic E-state index is 13.6. The number of aliphatic hydroxyl groups is 1. The lowest BCUT2D eigenvalue weighted by molar-refractivity contribution is 0.439. The Bertz CT molecular complexity index is 454. The summed E-state index contributed by atoms with van der Waals surface area (Å²) in [6.45, 7) is 13.2. The largest absolute Gasteiger partial charge is 0.508 e. The van der Waals surface area contributed by atoms with Crippen LogP contribution in [0, 0.1) is 5.82 Å². The molecule has 0 heterocycles. The lowest BCUT2D eigenvalue weighted by Crippen LogP contribution is -2.00. The van der Waals surface area contributed by atoms with Gasteiger partial charge in [-0.2, -0.15) is 0 Å². The van der Waals surface area contributed by atoms with E-state index in [0.29, 0.717) is 6.42 Å². The molecule has 0 amide bonds. The van der Waals surface area contributed by atoms with Gasteiger partial charge in [0.25, 0.3) is 0 Å². The van der Waals surface area contributed by atoms with Gasteiger partial charge in [0, 0.05) is 11.1 Å². The first kappa shape index (κ1) is 20.3. The second-order valence-electron chi connectivity index (χ2n) is 3.33. The van der Waals surface area contributed by atoms with Gasteiger partial charge in [-0.05, 0) is 18.6 Å². The van der Waals surface area contributed by atoms with Crippen molar-refractivity contribution in [3.05, 3.63) is 41.9 Å². The van der Waals surface area contributed by atoms with Crippen molar-refractivity contribution < 1.29 is 14.6 Å².